The normalized spacial score (nSPS) is 22.0. The maximum Gasteiger partial charge on any atom is 0.149 e. The summed E-state index contributed by atoms with van der Waals surface area (Å²) in [4.78, 5) is 4.51. The van der Waals surface area contributed by atoms with Crippen LogP contribution in [0, 0.1) is 11.8 Å². The van der Waals surface area contributed by atoms with Gasteiger partial charge in [0.1, 0.15) is 11.6 Å². The molecular weight excluding hydrogens is 464 g/mol. The highest BCUT2D eigenvalue weighted by atomic mass is 35.5. The Hall–Kier alpha value is -2.00. The topological polar surface area (TPSA) is 93.2 Å². The molecule has 0 spiro atoms. The van der Waals surface area contributed by atoms with Gasteiger partial charge in [0.15, 0.2) is 0 Å². The third-order valence-corrected chi connectivity index (χ3v) is 7.39. The Morgan fingerprint density at radius 2 is 1.71 bits per heavy atom. The van der Waals surface area contributed by atoms with E-state index >= 15 is 0 Å². The van der Waals surface area contributed by atoms with Crippen molar-refractivity contribution in [2.24, 2.45) is 11.8 Å². The van der Waals surface area contributed by atoms with E-state index in [2.05, 4.69) is 38.1 Å². The minimum Gasteiger partial charge on any atom is -0.383 e. The van der Waals surface area contributed by atoms with Crippen molar-refractivity contribution < 1.29 is 9.47 Å². The van der Waals surface area contributed by atoms with Crippen LogP contribution in [0.1, 0.15) is 45.4 Å². The van der Waals surface area contributed by atoms with Crippen molar-refractivity contribution in [1.82, 2.24) is 20.5 Å². The molecule has 1 unspecified atom stereocenters. The van der Waals surface area contributed by atoms with Crippen LogP contribution in [0.4, 0.5) is 11.6 Å². The molecule has 3 N–H and O–H groups in total. The summed E-state index contributed by atoms with van der Waals surface area (Å²) in [6.45, 7) is 6.41. The van der Waals surface area contributed by atoms with Gasteiger partial charge in [-0.05, 0) is 69.4 Å². The molecule has 0 amide bonds. The van der Waals surface area contributed by atoms with Gasteiger partial charge < -0.3 is 25.4 Å². The molecule has 1 aliphatic heterocycles. The summed E-state index contributed by atoms with van der Waals surface area (Å²) < 4.78 is 10.7. The molecule has 4 rings (SSSR count). The first-order valence-corrected chi connectivity index (χ1v) is 13.3. The van der Waals surface area contributed by atoms with Gasteiger partial charge >= 0.3 is 0 Å². The maximum atomic E-state index is 6.52. The van der Waals surface area contributed by atoms with Gasteiger partial charge in [-0.25, -0.2) is 4.98 Å². The molecule has 1 saturated carbocycles. The minimum absolute atomic E-state index is 0.400. The first kappa shape index (κ1) is 26.1. The lowest BCUT2D eigenvalue weighted by Gasteiger charge is -2.31. The molecule has 2 aromatic heterocycles. The molecule has 2 aliphatic rings. The first-order chi connectivity index (χ1) is 17.1. The number of ether oxygens (including phenoxy) is 2. The van der Waals surface area contributed by atoms with E-state index in [0.29, 0.717) is 28.9 Å². The van der Waals surface area contributed by atoms with Gasteiger partial charge in [0.05, 0.1) is 17.8 Å². The molecule has 35 heavy (non-hydrogen) atoms. The number of methoxy groups -OCH3 is 1. The van der Waals surface area contributed by atoms with Crippen LogP contribution in [0.15, 0.2) is 24.5 Å². The molecule has 0 aromatic carbocycles. The van der Waals surface area contributed by atoms with Crippen molar-refractivity contribution in [3.05, 3.63) is 29.5 Å². The summed E-state index contributed by atoms with van der Waals surface area (Å²) in [6.07, 6.45) is 10.4. The SMILES string of the molecule is COCC(C)NC1CCC(CNc2cc(-c3cnnc(NCC4CCOCC4)c3)c(Cl)cn2)CC1. The highest BCUT2D eigenvalue weighted by molar-refractivity contribution is 6.33. The summed E-state index contributed by atoms with van der Waals surface area (Å²) in [7, 11) is 1.76. The predicted octanol–water partition coefficient (Wildman–Crippen LogP) is 4.63. The summed E-state index contributed by atoms with van der Waals surface area (Å²) in [5, 5.41) is 19.7. The van der Waals surface area contributed by atoms with E-state index in [1.54, 1.807) is 19.5 Å². The van der Waals surface area contributed by atoms with Gasteiger partial charge in [-0.2, -0.15) is 5.10 Å². The van der Waals surface area contributed by atoms with E-state index in [1.165, 1.54) is 25.7 Å². The fourth-order valence-corrected chi connectivity index (χ4v) is 5.25. The highest BCUT2D eigenvalue weighted by Gasteiger charge is 2.22. The Morgan fingerprint density at radius 3 is 2.46 bits per heavy atom. The highest BCUT2D eigenvalue weighted by Crippen LogP contribution is 2.31. The second-order valence-electron chi connectivity index (χ2n) is 9.94. The Bertz CT molecular complexity index is 918. The van der Waals surface area contributed by atoms with Crippen LogP contribution < -0.4 is 16.0 Å². The molecule has 2 aromatic rings. The molecule has 1 aliphatic carbocycles. The van der Waals surface area contributed by atoms with E-state index in [4.69, 9.17) is 21.1 Å². The smallest absolute Gasteiger partial charge is 0.149 e. The molecule has 8 nitrogen and oxygen atoms in total. The molecule has 9 heteroatoms. The fourth-order valence-electron chi connectivity index (χ4n) is 5.04. The average Bonchev–Trinajstić information content (AvgIpc) is 2.89. The van der Waals surface area contributed by atoms with Crippen molar-refractivity contribution in [2.45, 2.75) is 57.5 Å². The Balaban J connectivity index is 1.29. The molecule has 0 bridgehead atoms. The van der Waals surface area contributed by atoms with Gasteiger partial charge in [0, 0.05) is 62.8 Å². The Kier molecular flexibility index (Phi) is 9.94. The average molecular weight is 503 g/mol. The third-order valence-electron chi connectivity index (χ3n) is 7.09. The molecule has 2 fully saturated rings. The number of anilines is 2. The van der Waals surface area contributed by atoms with Crippen molar-refractivity contribution in [1.29, 1.82) is 0 Å². The molecule has 3 heterocycles. The lowest BCUT2D eigenvalue weighted by molar-refractivity contribution is 0.0699. The predicted molar refractivity (Wildman–Crippen MR) is 141 cm³/mol. The van der Waals surface area contributed by atoms with Crippen LogP contribution >= 0.6 is 11.6 Å². The number of nitrogens with zero attached hydrogens (tertiary/aromatic N) is 3. The molecular formula is C26H39ClN6O2. The van der Waals surface area contributed by atoms with Crippen LogP contribution in [-0.4, -0.2) is 67.3 Å². The summed E-state index contributed by atoms with van der Waals surface area (Å²) in [5.41, 5.74) is 1.84. The van der Waals surface area contributed by atoms with Crippen LogP contribution in [0.3, 0.4) is 0 Å². The van der Waals surface area contributed by atoms with Gasteiger partial charge in [0.2, 0.25) is 0 Å². The van der Waals surface area contributed by atoms with E-state index in [9.17, 15) is 0 Å². The number of pyridine rings is 1. The van der Waals surface area contributed by atoms with Crippen molar-refractivity contribution in [3.63, 3.8) is 0 Å². The second-order valence-corrected chi connectivity index (χ2v) is 10.3. The zero-order chi connectivity index (χ0) is 24.5. The van der Waals surface area contributed by atoms with Crippen LogP contribution in [0.5, 0.6) is 0 Å². The van der Waals surface area contributed by atoms with Crippen LogP contribution in [-0.2, 0) is 9.47 Å². The number of rotatable bonds is 11. The second kappa shape index (κ2) is 13.3. The maximum absolute atomic E-state index is 6.52. The van der Waals surface area contributed by atoms with Crippen molar-refractivity contribution in [3.8, 4) is 11.1 Å². The van der Waals surface area contributed by atoms with E-state index in [-0.39, 0.29) is 0 Å². The number of nitrogens with one attached hydrogen (secondary N) is 3. The van der Waals surface area contributed by atoms with E-state index in [0.717, 1.165) is 68.5 Å². The van der Waals surface area contributed by atoms with Gasteiger partial charge in [0.25, 0.3) is 0 Å². The Morgan fingerprint density at radius 1 is 1.00 bits per heavy atom. The number of hydrogen-bond acceptors (Lipinski definition) is 8. The van der Waals surface area contributed by atoms with Gasteiger partial charge in [-0.1, -0.05) is 11.6 Å². The molecule has 0 radical (unpaired) electrons. The van der Waals surface area contributed by atoms with Crippen molar-refractivity contribution in [2.75, 3.05) is 50.7 Å². The lowest BCUT2D eigenvalue weighted by atomic mass is 9.85. The third kappa shape index (κ3) is 8.00. The standard InChI is InChI=1S/C26H39ClN6O2/c1-18(17-34-2)32-22-5-3-19(4-6-22)13-28-25-12-23(24(27)16-30-25)21-11-26(33-31-15-21)29-14-20-7-9-35-10-8-20/h11-12,15-16,18-20,22,32H,3-10,13-14,17H2,1-2H3,(H,28,30)(H,29,33). The van der Waals surface area contributed by atoms with E-state index < -0.39 is 0 Å². The number of halogens is 1. The van der Waals surface area contributed by atoms with E-state index in [1.807, 2.05) is 12.1 Å². The minimum atomic E-state index is 0.400. The summed E-state index contributed by atoms with van der Waals surface area (Å²) in [6, 6.07) is 5.01. The van der Waals surface area contributed by atoms with Gasteiger partial charge in [-0.3, -0.25) is 0 Å². The Labute approximate surface area is 213 Å². The lowest BCUT2D eigenvalue weighted by Crippen LogP contribution is -2.41. The van der Waals surface area contributed by atoms with Crippen LogP contribution in [0.2, 0.25) is 5.02 Å². The summed E-state index contributed by atoms with van der Waals surface area (Å²) in [5.74, 6) is 2.86. The molecule has 192 valence electrons. The zero-order valence-electron chi connectivity index (χ0n) is 20.9. The quantitative estimate of drug-likeness (QED) is 0.409. The largest absolute Gasteiger partial charge is 0.383 e. The summed E-state index contributed by atoms with van der Waals surface area (Å²) >= 11 is 6.52. The molecule has 1 atom stereocenters. The number of aromatic nitrogens is 3. The number of hydrogen-bond donors (Lipinski definition) is 3. The van der Waals surface area contributed by atoms with Crippen molar-refractivity contribution >= 4 is 23.2 Å². The van der Waals surface area contributed by atoms with Gasteiger partial charge in [-0.15, -0.1) is 5.10 Å². The van der Waals surface area contributed by atoms with Crippen LogP contribution in [0.25, 0.3) is 11.1 Å². The zero-order valence-corrected chi connectivity index (χ0v) is 21.7. The molecule has 1 saturated heterocycles. The first-order valence-electron chi connectivity index (χ1n) is 12.9. The fraction of sp³-hybridized carbons (Fsp3) is 0.654. The monoisotopic (exact) mass is 502 g/mol.